The van der Waals surface area contributed by atoms with Crippen molar-refractivity contribution in [3.63, 3.8) is 0 Å². The predicted octanol–water partition coefficient (Wildman–Crippen LogP) is 4.82. The van der Waals surface area contributed by atoms with Gasteiger partial charge in [-0.3, -0.25) is 0 Å². The molecule has 4 rings (SSSR count). The molecule has 4 aromatic carbocycles. The van der Waals surface area contributed by atoms with E-state index in [4.69, 9.17) is 25.7 Å². The van der Waals surface area contributed by atoms with Crippen LogP contribution in [-0.4, -0.2) is 17.9 Å². The van der Waals surface area contributed by atoms with Crippen LogP contribution in [0.3, 0.4) is 0 Å². The Hall–Kier alpha value is -5.11. The summed E-state index contributed by atoms with van der Waals surface area (Å²) in [5, 5.41) is 0. The monoisotopic (exact) mass is 482 g/mol. The molecule has 0 spiro atoms. The fraction of sp³-hybridized carbons (Fsp3) is 0.0357. The first-order valence-electron chi connectivity index (χ1n) is 10.9. The number of benzene rings is 4. The number of rotatable bonds is 6. The summed E-state index contributed by atoms with van der Waals surface area (Å²) in [7, 11) is 0. The molecule has 0 aliphatic heterocycles. The maximum absolute atomic E-state index is 12.6. The summed E-state index contributed by atoms with van der Waals surface area (Å²) in [5.74, 6) is -1.95. The Morgan fingerprint density at radius 2 is 0.778 bits per heavy atom. The van der Waals surface area contributed by atoms with E-state index in [0.29, 0.717) is 16.9 Å². The van der Waals surface area contributed by atoms with Crippen molar-refractivity contribution in [2.45, 2.75) is 6.92 Å². The first-order valence-corrected chi connectivity index (χ1v) is 10.9. The first kappa shape index (κ1) is 24.0. The molecule has 0 aliphatic rings. The minimum Gasteiger partial charge on any atom is -0.423 e. The molecule has 0 atom stereocenters. The highest BCUT2D eigenvalue weighted by molar-refractivity contribution is 5.93. The van der Waals surface area contributed by atoms with Crippen LogP contribution in [0.25, 0.3) is 0 Å². The van der Waals surface area contributed by atoms with Crippen LogP contribution in [0.15, 0.2) is 91.0 Å². The lowest BCUT2D eigenvalue weighted by atomic mass is 10.1. The molecule has 0 radical (unpaired) electrons. The van der Waals surface area contributed by atoms with Crippen LogP contribution in [0.4, 0.5) is 11.4 Å². The minimum atomic E-state index is -0.673. The highest BCUT2D eigenvalue weighted by atomic mass is 16.6. The van der Waals surface area contributed by atoms with Gasteiger partial charge in [-0.25, -0.2) is 14.4 Å². The molecule has 4 N–H and O–H groups in total. The first-order chi connectivity index (χ1) is 17.3. The number of ether oxygens (including phenoxy) is 3. The Kier molecular flexibility index (Phi) is 6.97. The number of hydrogen-bond acceptors (Lipinski definition) is 8. The third-order valence-corrected chi connectivity index (χ3v) is 5.07. The maximum Gasteiger partial charge on any atom is 0.343 e. The Balaban J connectivity index is 1.61. The van der Waals surface area contributed by atoms with Crippen LogP contribution in [0, 0.1) is 6.92 Å². The van der Waals surface area contributed by atoms with Crippen molar-refractivity contribution in [3.05, 3.63) is 113 Å². The van der Waals surface area contributed by atoms with Gasteiger partial charge in [0.05, 0.1) is 16.7 Å². The average molecular weight is 482 g/mol. The van der Waals surface area contributed by atoms with Gasteiger partial charge in [-0.15, -0.1) is 0 Å². The Morgan fingerprint density at radius 3 is 1.08 bits per heavy atom. The second kappa shape index (κ2) is 10.4. The summed E-state index contributed by atoms with van der Waals surface area (Å²) in [5.41, 5.74) is 14.1. The molecule has 4 aromatic rings. The molecule has 0 heterocycles. The number of aryl methyl sites for hydroxylation is 1. The van der Waals surface area contributed by atoms with Crippen molar-refractivity contribution < 1.29 is 28.6 Å². The largest absolute Gasteiger partial charge is 0.423 e. The number of carbonyl (C=O) groups excluding carboxylic acids is 3. The van der Waals surface area contributed by atoms with E-state index in [0.717, 1.165) is 5.56 Å². The van der Waals surface area contributed by atoms with E-state index in [2.05, 4.69) is 0 Å². The number of nitrogen functional groups attached to an aromatic ring is 2. The van der Waals surface area contributed by atoms with Gasteiger partial charge in [0.15, 0.2) is 0 Å². The summed E-state index contributed by atoms with van der Waals surface area (Å²) < 4.78 is 16.4. The number of hydrogen-bond donors (Lipinski definition) is 2. The summed E-state index contributed by atoms with van der Waals surface area (Å²) in [6, 6.07) is 23.2. The zero-order valence-electron chi connectivity index (χ0n) is 19.3. The van der Waals surface area contributed by atoms with E-state index in [9.17, 15) is 14.4 Å². The smallest absolute Gasteiger partial charge is 0.343 e. The number of carbonyl (C=O) groups is 3. The van der Waals surface area contributed by atoms with E-state index in [1.807, 2.05) is 6.92 Å². The summed E-state index contributed by atoms with van der Waals surface area (Å²) in [4.78, 5) is 37.9. The lowest BCUT2D eigenvalue weighted by Crippen LogP contribution is -2.12. The van der Waals surface area contributed by atoms with Gasteiger partial charge in [-0.2, -0.15) is 0 Å². The second-order valence-corrected chi connectivity index (χ2v) is 7.92. The van der Waals surface area contributed by atoms with Crippen molar-refractivity contribution in [1.82, 2.24) is 0 Å². The lowest BCUT2D eigenvalue weighted by Gasteiger charge is -2.11. The molecule has 8 heteroatoms. The SMILES string of the molecule is Cc1ccc(C(=O)Oc2cc(OC(=O)c3ccc(N)cc3)cc(OC(=O)c3ccc(N)cc3)c2)cc1. The molecule has 0 amide bonds. The predicted molar refractivity (Wildman–Crippen MR) is 134 cm³/mol. The maximum atomic E-state index is 12.6. The number of nitrogens with two attached hydrogens (primary N) is 2. The van der Waals surface area contributed by atoms with Crippen LogP contribution >= 0.6 is 0 Å². The minimum absolute atomic E-state index is 0.00568. The lowest BCUT2D eigenvalue weighted by molar-refractivity contribution is 0.0730. The van der Waals surface area contributed by atoms with E-state index in [1.165, 1.54) is 42.5 Å². The molecule has 8 nitrogen and oxygen atoms in total. The topological polar surface area (TPSA) is 131 Å². The highest BCUT2D eigenvalue weighted by Crippen LogP contribution is 2.30. The molecular weight excluding hydrogens is 460 g/mol. The molecule has 0 aromatic heterocycles. The third kappa shape index (κ3) is 6.06. The van der Waals surface area contributed by atoms with E-state index in [-0.39, 0.29) is 28.4 Å². The quantitative estimate of drug-likeness (QED) is 0.227. The molecule has 0 saturated heterocycles. The van der Waals surface area contributed by atoms with Crippen molar-refractivity contribution in [2.24, 2.45) is 0 Å². The van der Waals surface area contributed by atoms with Gasteiger partial charge in [0.2, 0.25) is 0 Å². The van der Waals surface area contributed by atoms with Gasteiger partial charge in [0.25, 0.3) is 0 Å². The fourth-order valence-corrected chi connectivity index (χ4v) is 3.15. The van der Waals surface area contributed by atoms with Gasteiger partial charge < -0.3 is 25.7 Å². The van der Waals surface area contributed by atoms with Crippen molar-refractivity contribution in [3.8, 4) is 17.2 Å². The van der Waals surface area contributed by atoms with Crippen molar-refractivity contribution in [2.75, 3.05) is 11.5 Å². The van der Waals surface area contributed by atoms with Crippen LogP contribution in [0.2, 0.25) is 0 Å². The second-order valence-electron chi connectivity index (χ2n) is 7.92. The van der Waals surface area contributed by atoms with Crippen LogP contribution in [0.1, 0.15) is 36.6 Å². The van der Waals surface area contributed by atoms with Gasteiger partial charge in [0.1, 0.15) is 17.2 Å². The third-order valence-electron chi connectivity index (χ3n) is 5.07. The zero-order chi connectivity index (χ0) is 25.7. The van der Waals surface area contributed by atoms with Crippen LogP contribution in [-0.2, 0) is 0 Å². The molecule has 0 saturated carbocycles. The van der Waals surface area contributed by atoms with E-state index < -0.39 is 17.9 Å². The van der Waals surface area contributed by atoms with Crippen molar-refractivity contribution >= 4 is 29.3 Å². The van der Waals surface area contributed by atoms with Gasteiger partial charge in [-0.1, -0.05) is 17.7 Å². The normalized spacial score (nSPS) is 10.4. The molecule has 36 heavy (non-hydrogen) atoms. The van der Waals surface area contributed by atoms with Gasteiger partial charge >= 0.3 is 17.9 Å². The highest BCUT2D eigenvalue weighted by Gasteiger charge is 2.16. The average Bonchev–Trinajstić information content (AvgIpc) is 2.85. The van der Waals surface area contributed by atoms with Gasteiger partial charge in [0, 0.05) is 29.6 Å². The Labute approximate surface area is 207 Å². The number of esters is 3. The Bertz CT molecular complexity index is 1230. The fourth-order valence-electron chi connectivity index (χ4n) is 3.15. The summed E-state index contributed by atoms with van der Waals surface area (Å²) in [6.07, 6.45) is 0. The molecule has 0 unspecified atom stereocenters. The van der Waals surface area contributed by atoms with Crippen LogP contribution in [0.5, 0.6) is 17.2 Å². The zero-order valence-corrected chi connectivity index (χ0v) is 19.3. The van der Waals surface area contributed by atoms with Crippen molar-refractivity contribution in [1.29, 1.82) is 0 Å². The molecule has 0 bridgehead atoms. The van der Waals surface area contributed by atoms with E-state index >= 15 is 0 Å². The standard InChI is InChI=1S/C28H22N2O6/c1-17-2-4-18(5-3-17)26(31)34-23-14-24(35-27(32)19-6-10-21(29)11-7-19)16-25(15-23)36-28(33)20-8-12-22(30)13-9-20/h2-16H,29-30H2,1H3. The molecule has 0 fully saturated rings. The Morgan fingerprint density at radius 1 is 0.500 bits per heavy atom. The molecular formula is C28H22N2O6. The van der Waals surface area contributed by atoms with Gasteiger partial charge in [-0.05, 0) is 67.6 Å². The molecule has 0 aliphatic carbocycles. The van der Waals surface area contributed by atoms with E-state index in [1.54, 1.807) is 48.5 Å². The van der Waals surface area contributed by atoms with Crippen LogP contribution < -0.4 is 25.7 Å². The number of anilines is 2. The summed E-state index contributed by atoms with van der Waals surface area (Å²) >= 11 is 0. The summed E-state index contributed by atoms with van der Waals surface area (Å²) in [6.45, 7) is 1.90. The molecule has 180 valence electrons.